The fourth-order valence-corrected chi connectivity index (χ4v) is 4.60. The van der Waals surface area contributed by atoms with Gasteiger partial charge in [-0.15, -0.1) is 11.3 Å². The molecule has 0 bridgehead atoms. The topological polar surface area (TPSA) is 53.8 Å². The summed E-state index contributed by atoms with van der Waals surface area (Å²) >= 11 is 1.70. The Bertz CT molecular complexity index is 711. The number of amides is 2. The van der Waals surface area contributed by atoms with Gasteiger partial charge in [-0.1, -0.05) is 6.07 Å². The second-order valence-corrected chi connectivity index (χ2v) is 7.44. The molecule has 2 atom stereocenters. The van der Waals surface area contributed by atoms with Gasteiger partial charge in [0.05, 0.1) is 24.8 Å². The number of nitrogens with zero attached hydrogens (tertiary/aromatic N) is 2. The summed E-state index contributed by atoms with van der Waals surface area (Å²) in [6.07, 6.45) is 3.97. The van der Waals surface area contributed by atoms with E-state index < -0.39 is 0 Å². The summed E-state index contributed by atoms with van der Waals surface area (Å²) in [7, 11) is 0. The number of carbonyl (C=O) groups is 2. The Morgan fingerprint density at radius 3 is 3.00 bits per heavy atom. The van der Waals surface area contributed by atoms with Crippen molar-refractivity contribution in [2.45, 2.75) is 31.8 Å². The van der Waals surface area contributed by atoms with Crippen molar-refractivity contribution in [1.29, 1.82) is 0 Å². The minimum absolute atomic E-state index is 0.0385. The van der Waals surface area contributed by atoms with Crippen LogP contribution in [0.25, 0.3) is 0 Å². The van der Waals surface area contributed by atoms with E-state index in [2.05, 4.69) is 11.4 Å². The Balaban J connectivity index is 1.44. The van der Waals surface area contributed by atoms with E-state index in [1.807, 2.05) is 23.1 Å². The molecule has 0 spiro atoms. The molecule has 0 saturated carbocycles. The summed E-state index contributed by atoms with van der Waals surface area (Å²) in [5.74, 6) is 0.694. The summed E-state index contributed by atoms with van der Waals surface area (Å²) in [6, 6.07) is 7.99. The van der Waals surface area contributed by atoms with Gasteiger partial charge in [0.1, 0.15) is 5.76 Å². The highest BCUT2D eigenvalue weighted by atomic mass is 32.1. The van der Waals surface area contributed by atoms with Crippen molar-refractivity contribution in [2.75, 3.05) is 13.1 Å². The van der Waals surface area contributed by atoms with Crippen molar-refractivity contribution in [3.63, 3.8) is 0 Å². The van der Waals surface area contributed by atoms with Crippen LogP contribution >= 0.6 is 11.3 Å². The van der Waals surface area contributed by atoms with E-state index >= 15 is 0 Å². The average Bonchev–Trinajstić information content (AvgIpc) is 3.36. The first-order chi connectivity index (χ1) is 11.7. The SMILES string of the molecule is O=C1C[C@@H](C(=O)N2CCC[C@H]2c2cccs2)CN1Cc1ccco1. The standard InChI is InChI=1S/C18H20N2O3S/c21-17-10-13(11-19(17)12-14-4-2-8-23-14)18(22)20-7-1-5-15(20)16-6-3-9-24-16/h2-4,6,8-9,13,15H,1,5,7,10-12H2/t13-,15+/m1/s1. The molecule has 4 heterocycles. The Labute approximate surface area is 144 Å². The highest BCUT2D eigenvalue weighted by Gasteiger charge is 2.40. The van der Waals surface area contributed by atoms with Crippen molar-refractivity contribution >= 4 is 23.2 Å². The zero-order chi connectivity index (χ0) is 16.5. The lowest BCUT2D eigenvalue weighted by molar-refractivity contribution is -0.136. The molecule has 6 heteroatoms. The number of furan rings is 1. The smallest absolute Gasteiger partial charge is 0.228 e. The Morgan fingerprint density at radius 1 is 1.33 bits per heavy atom. The van der Waals surface area contributed by atoms with Gasteiger partial charge in [0, 0.05) is 24.4 Å². The third-order valence-corrected chi connectivity index (χ3v) is 5.87. The van der Waals surface area contributed by atoms with E-state index in [9.17, 15) is 9.59 Å². The van der Waals surface area contributed by atoms with Gasteiger partial charge in [-0.05, 0) is 36.4 Å². The normalized spacial score (nSPS) is 24.1. The van der Waals surface area contributed by atoms with Gasteiger partial charge in [-0.2, -0.15) is 0 Å². The van der Waals surface area contributed by atoms with Crippen LogP contribution in [-0.4, -0.2) is 34.7 Å². The highest BCUT2D eigenvalue weighted by Crippen LogP contribution is 2.36. The average molecular weight is 344 g/mol. The van der Waals surface area contributed by atoms with Crippen LogP contribution in [0.1, 0.15) is 35.9 Å². The predicted molar refractivity (Wildman–Crippen MR) is 90.2 cm³/mol. The predicted octanol–water partition coefficient (Wildman–Crippen LogP) is 3.05. The van der Waals surface area contributed by atoms with Crippen molar-refractivity contribution in [3.8, 4) is 0 Å². The van der Waals surface area contributed by atoms with Gasteiger partial charge in [0.2, 0.25) is 11.8 Å². The lowest BCUT2D eigenvalue weighted by atomic mass is 10.1. The lowest BCUT2D eigenvalue weighted by Gasteiger charge is -2.26. The van der Waals surface area contributed by atoms with Crippen LogP contribution in [0, 0.1) is 5.92 Å². The zero-order valence-electron chi connectivity index (χ0n) is 13.4. The molecule has 0 aliphatic carbocycles. The molecule has 2 aliphatic heterocycles. The highest BCUT2D eigenvalue weighted by molar-refractivity contribution is 7.10. The number of hydrogen-bond acceptors (Lipinski definition) is 4. The Morgan fingerprint density at radius 2 is 2.25 bits per heavy atom. The van der Waals surface area contributed by atoms with Crippen LogP contribution in [0.4, 0.5) is 0 Å². The fourth-order valence-electron chi connectivity index (χ4n) is 3.72. The van der Waals surface area contributed by atoms with E-state index in [1.165, 1.54) is 4.88 Å². The van der Waals surface area contributed by atoms with Gasteiger partial charge in [-0.25, -0.2) is 0 Å². The molecule has 126 valence electrons. The first kappa shape index (κ1) is 15.4. The van der Waals surface area contributed by atoms with Crippen LogP contribution in [0.3, 0.4) is 0 Å². The van der Waals surface area contributed by atoms with Crippen LogP contribution in [0.5, 0.6) is 0 Å². The number of hydrogen-bond donors (Lipinski definition) is 0. The van der Waals surface area contributed by atoms with Crippen molar-refractivity contribution < 1.29 is 14.0 Å². The van der Waals surface area contributed by atoms with Crippen LogP contribution in [0.15, 0.2) is 40.3 Å². The third kappa shape index (κ3) is 2.86. The molecule has 4 rings (SSSR count). The number of carbonyl (C=O) groups excluding carboxylic acids is 2. The summed E-state index contributed by atoms with van der Waals surface area (Å²) in [5, 5.41) is 2.06. The molecule has 0 radical (unpaired) electrons. The molecule has 0 aromatic carbocycles. The van der Waals surface area contributed by atoms with Gasteiger partial charge in [0.25, 0.3) is 0 Å². The van der Waals surface area contributed by atoms with Crippen molar-refractivity contribution in [3.05, 3.63) is 46.5 Å². The maximum Gasteiger partial charge on any atom is 0.228 e. The van der Waals surface area contributed by atoms with Crippen LogP contribution < -0.4 is 0 Å². The zero-order valence-corrected chi connectivity index (χ0v) is 14.2. The van der Waals surface area contributed by atoms with E-state index in [0.29, 0.717) is 19.5 Å². The maximum absolute atomic E-state index is 13.0. The molecule has 5 nitrogen and oxygen atoms in total. The molecule has 0 unspecified atom stereocenters. The molecular weight excluding hydrogens is 324 g/mol. The number of likely N-dealkylation sites (tertiary alicyclic amines) is 2. The quantitative estimate of drug-likeness (QED) is 0.856. The molecule has 2 aromatic rings. The summed E-state index contributed by atoms with van der Waals surface area (Å²) < 4.78 is 5.32. The largest absolute Gasteiger partial charge is 0.467 e. The lowest BCUT2D eigenvalue weighted by Crippen LogP contribution is -2.36. The Kier molecular flexibility index (Phi) is 4.14. The molecule has 2 fully saturated rings. The third-order valence-electron chi connectivity index (χ3n) is 4.90. The summed E-state index contributed by atoms with van der Waals surface area (Å²) in [6.45, 7) is 1.74. The van der Waals surface area contributed by atoms with Gasteiger partial charge in [-0.3, -0.25) is 9.59 Å². The van der Waals surface area contributed by atoms with E-state index in [4.69, 9.17) is 4.42 Å². The molecule has 0 N–H and O–H groups in total. The van der Waals surface area contributed by atoms with Crippen LogP contribution in [-0.2, 0) is 16.1 Å². The van der Waals surface area contributed by atoms with Crippen LogP contribution in [0.2, 0.25) is 0 Å². The summed E-state index contributed by atoms with van der Waals surface area (Å²) in [4.78, 5) is 30.2. The first-order valence-electron chi connectivity index (χ1n) is 8.36. The van der Waals surface area contributed by atoms with E-state index in [1.54, 1.807) is 22.5 Å². The van der Waals surface area contributed by atoms with Gasteiger partial charge in [0.15, 0.2) is 0 Å². The second kappa shape index (κ2) is 6.43. The monoisotopic (exact) mass is 344 g/mol. The Hall–Kier alpha value is -2.08. The maximum atomic E-state index is 13.0. The van der Waals surface area contributed by atoms with E-state index in [-0.39, 0.29) is 23.8 Å². The number of rotatable bonds is 4. The van der Waals surface area contributed by atoms with Gasteiger partial charge < -0.3 is 14.2 Å². The molecule has 2 saturated heterocycles. The molecular formula is C18H20N2O3S. The molecule has 24 heavy (non-hydrogen) atoms. The molecule has 2 amide bonds. The fraction of sp³-hybridized carbons (Fsp3) is 0.444. The van der Waals surface area contributed by atoms with Crippen molar-refractivity contribution in [1.82, 2.24) is 9.80 Å². The molecule has 2 aromatic heterocycles. The first-order valence-corrected chi connectivity index (χ1v) is 9.24. The number of thiophene rings is 1. The summed E-state index contributed by atoms with van der Waals surface area (Å²) in [5.41, 5.74) is 0. The van der Waals surface area contributed by atoms with Gasteiger partial charge >= 0.3 is 0 Å². The van der Waals surface area contributed by atoms with E-state index in [0.717, 1.165) is 25.1 Å². The van der Waals surface area contributed by atoms with Crippen molar-refractivity contribution in [2.24, 2.45) is 5.92 Å². The minimum atomic E-state index is -0.229. The molecule has 2 aliphatic rings. The second-order valence-electron chi connectivity index (χ2n) is 6.46. The minimum Gasteiger partial charge on any atom is -0.467 e.